The van der Waals surface area contributed by atoms with Gasteiger partial charge in [0.1, 0.15) is 12.6 Å². The van der Waals surface area contributed by atoms with Crippen molar-refractivity contribution in [1.82, 2.24) is 4.90 Å². The molecule has 0 aliphatic heterocycles. The van der Waals surface area contributed by atoms with E-state index in [1.807, 2.05) is 30.3 Å². The quantitative estimate of drug-likeness (QED) is 0.416. The Morgan fingerprint density at radius 2 is 1.73 bits per heavy atom. The molecule has 0 N–H and O–H groups in total. The molecular weight excluding hydrogens is 334 g/mol. The Bertz CT molecular complexity index is 520. The third-order valence-electron chi connectivity index (χ3n) is 4.02. The zero-order chi connectivity index (χ0) is 19.2. The van der Waals surface area contributed by atoms with Gasteiger partial charge in [0.25, 0.3) is 0 Å². The van der Waals surface area contributed by atoms with Crippen LogP contribution in [0.25, 0.3) is 0 Å². The second kappa shape index (κ2) is 13.2. The zero-order valence-electron chi connectivity index (χ0n) is 16.1. The molecule has 1 aromatic rings. The first-order valence-electron chi connectivity index (χ1n) is 9.24. The van der Waals surface area contributed by atoms with Gasteiger partial charge in [-0.15, -0.1) is 0 Å². The van der Waals surface area contributed by atoms with Crippen molar-refractivity contribution in [1.29, 1.82) is 0 Å². The van der Waals surface area contributed by atoms with Gasteiger partial charge in [-0.1, -0.05) is 56.5 Å². The molecule has 1 unspecified atom stereocenters. The van der Waals surface area contributed by atoms with Crippen molar-refractivity contribution < 1.29 is 23.8 Å². The minimum absolute atomic E-state index is 0.134. The average Bonchev–Trinajstić information content (AvgIpc) is 2.66. The summed E-state index contributed by atoms with van der Waals surface area (Å²) in [7, 11) is 1.52. The van der Waals surface area contributed by atoms with Gasteiger partial charge in [-0.25, -0.2) is 9.59 Å². The number of esters is 1. The van der Waals surface area contributed by atoms with Crippen LogP contribution in [0, 0.1) is 0 Å². The summed E-state index contributed by atoms with van der Waals surface area (Å²) in [5, 5.41) is 0. The fourth-order valence-electron chi connectivity index (χ4n) is 2.19. The minimum Gasteiger partial charge on any atom is -0.464 e. The third-order valence-corrected chi connectivity index (χ3v) is 4.02. The van der Waals surface area contributed by atoms with E-state index < -0.39 is 18.1 Å². The molecule has 146 valence electrons. The lowest BCUT2D eigenvalue weighted by atomic mass is 10.2. The molecule has 0 saturated heterocycles. The van der Waals surface area contributed by atoms with Crippen LogP contribution in [-0.4, -0.2) is 49.9 Å². The predicted molar refractivity (Wildman–Crippen MR) is 99.8 cm³/mol. The summed E-state index contributed by atoms with van der Waals surface area (Å²) in [6.07, 6.45) is 3.58. The molecule has 1 amide bonds. The highest BCUT2D eigenvalue weighted by Crippen LogP contribution is 2.05. The Kier molecular flexibility index (Phi) is 11.1. The third kappa shape index (κ3) is 8.85. The van der Waals surface area contributed by atoms with Gasteiger partial charge in [0.2, 0.25) is 0 Å². The van der Waals surface area contributed by atoms with Crippen molar-refractivity contribution >= 4 is 12.1 Å². The molecule has 0 aliphatic carbocycles. The molecule has 1 atom stereocenters. The lowest BCUT2D eigenvalue weighted by Gasteiger charge is -2.22. The standard InChI is InChI=1S/C20H31NO5/c1-4-5-6-10-13-25-19(22)17(2)21(3)20(23)26-15-14-24-16-18-11-8-7-9-12-18/h7-9,11-12,17H,4-6,10,13-16H2,1-3H3. The Hall–Kier alpha value is -2.08. The molecule has 1 rings (SSSR count). The molecule has 0 aromatic heterocycles. The van der Waals surface area contributed by atoms with Crippen LogP contribution < -0.4 is 0 Å². The lowest BCUT2D eigenvalue weighted by molar-refractivity contribution is -0.148. The van der Waals surface area contributed by atoms with E-state index in [4.69, 9.17) is 14.2 Å². The van der Waals surface area contributed by atoms with Crippen molar-refractivity contribution in [2.75, 3.05) is 26.9 Å². The van der Waals surface area contributed by atoms with E-state index in [0.717, 1.165) is 31.2 Å². The van der Waals surface area contributed by atoms with Crippen molar-refractivity contribution in [3.05, 3.63) is 35.9 Å². The van der Waals surface area contributed by atoms with Crippen molar-refractivity contribution in [2.24, 2.45) is 0 Å². The van der Waals surface area contributed by atoms with Crippen molar-refractivity contribution in [3.63, 3.8) is 0 Å². The number of hydrogen-bond donors (Lipinski definition) is 0. The monoisotopic (exact) mass is 365 g/mol. The first-order chi connectivity index (χ1) is 12.6. The van der Waals surface area contributed by atoms with Gasteiger partial charge < -0.3 is 14.2 Å². The van der Waals surface area contributed by atoms with Crippen LogP contribution in [0.2, 0.25) is 0 Å². The zero-order valence-corrected chi connectivity index (χ0v) is 16.1. The van der Waals surface area contributed by atoms with Gasteiger partial charge in [0.05, 0.1) is 19.8 Å². The molecule has 0 radical (unpaired) electrons. The van der Waals surface area contributed by atoms with Crippen LogP contribution >= 0.6 is 0 Å². The van der Waals surface area contributed by atoms with Crippen LogP contribution in [0.15, 0.2) is 30.3 Å². The number of benzene rings is 1. The summed E-state index contributed by atoms with van der Waals surface area (Å²) in [4.78, 5) is 25.2. The Morgan fingerprint density at radius 3 is 2.42 bits per heavy atom. The van der Waals surface area contributed by atoms with E-state index in [0.29, 0.717) is 19.8 Å². The van der Waals surface area contributed by atoms with E-state index in [2.05, 4.69) is 6.92 Å². The van der Waals surface area contributed by atoms with Crippen molar-refractivity contribution in [3.8, 4) is 0 Å². The summed E-state index contributed by atoms with van der Waals surface area (Å²) in [5.74, 6) is -0.415. The van der Waals surface area contributed by atoms with Crippen LogP contribution in [0.3, 0.4) is 0 Å². The SMILES string of the molecule is CCCCCCOC(=O)C(C)N(C)C(=O)OCCOCc1ccccc1. The van der Waals surface area contributed by atoms with E-state index in [1.54, 1.807) is 6.92 Å². The highest BCUT2D eigenvalue weighted by molar-refractivity contribution is 5.80. The summed E-state index contributed by atoms with van der Waals surface area (Å²) in [5.41, 5.74) is 1.06. The molecule has 1 aromatic carbocycles. The molecule has 0 fully saturated rings. The van der Waals surface area contributed by atoms with Gasteiger partial charge in [-0.2, -0.15) is 0 Å². The van der Waals surface area contributed by atoms with Gasteiger partial charge in [0, 0.05) is 7.05 Å². The van der Waals surface area contributed by atoms with Crippen molar-refractivity contribution in [2.45, 2.75) is 52.2 Å². The van der Waals surface area contributed by atoms with Gasteiger partial charge >= 0.3 is 12.1 Å². The van der Waals surface area contributed by atoms with E-state index >= 15 is 0 Å². The molecular formula is C20H31NO5. The Balaban J connectivity index is 2.16. The molecule has 0 bridgehead atoms. The highest BCUT2D eigenvalue weighted by atomic mass is 16.6. The van der Waals surface area contributed by atoms with E-state index in [1.165, 1.54) is 11.9 Å². The van der Waals surface area contributed by atoms with Crippen LogP contribution in [-0.2, 0) is 25.6 Å². The molecule has 6 nitrogen and oxygen atoms in total. The Labute approximate surface area is 156 Å². The number of carbonyl (C=O) groups is 2. The number of hydrogen-bond acceptors (Lipinski definition) is 5. The van der Waals surface area contributed by atoms with Crippen LogP contribution in [0.1, 0.15) is 45.1 Å². The molecule has 6 heteroatoms. The summed E-state index contributed by atoms with van der Waals surface area (Å²) in [6.45, 7) is 5.04. The number of ether oxygens (including phenoxy) is 3. The van der Waals surface area contributed by atoms with Crippen LogP contribution in [0.5, 0.6) is 0 Å². The fraction of sp³-hybridized carbons (Fsp3) is 0.600. The molecule has 0 spiro atoms. The fourth-order valence-corrected chi connectivity index (χ4v) is 2.19. The number of unbranched alkanes of at least 4 members (excludes halogenated alkanes) is 3. The summed E-state index contributed by atoms with van der Waals surface area (Å²) in [6, 6.07) is 9.08. The molecule has 26 heavy (non-hydrogen) atoms. The Morgan fingerprint density at radius 1 is 1.00 bits per heavy atom. The number of nitrogens with zero attached hydrogens (tertiary/aromatic N) is 1. The first kappa shape index (κ1) is 22.0. The molecule has 0 saturated carbocycles. The minimum atomic E-state index is -0.682. The summed E-state index contributed by atoms with van der Waals surface area (Å²) >= 11 is 0. The lowest BCUT2D eigenvalue weighted by Crippen LogP contribution is -2.42. The number of carbonyl (C=O) groups excluding carboxylic acids is 2. The van der Waals surface area contributed by atoms with E-state index in [-0.39, 0.29) is 6.61 Å². The number of rotatable bonds is 12. The maximum absolute atomic E-state index is 12.0. The van der Waals surface area contributed by atoms with Gasteiger partial charge in [0.15, 0.2) is 0 Å². The predicted octanol–water partition coefficient (Wildman–Crippen LogP) is 3.78. The highest BCUT2D eigenvalue weighted by Gasteiger charge is 2.24. The number of amides is 1. The normalized spacial score (nSPS) is 11.7. The number of likely N-dealkylation sites (N-methyl/N-ethyl adjacent to an activating group) is 1. The largest absolute Gasteiger partial charge is 0.464 e. The molecule has 0 heterocycles. The first-order valence-corrected chi connectivity index (χ1v) is 9.24. The topological polar surface area (TPSA) is 65.1 Å². The van der Waals surface area contributed by atoms with E-state index in [9.17, 15) is 9.59 Å². The second-order valence-corrected chi connectivity index (χ2v) is 6.17. The van der Waals surface area contributed by atoms with Crippen LogP contribution in [0.4, 0.5) is 4.79 Å². The van der Waals surface area contributed by atoms with Gasteiger partial charge in [-0.05, 0) is 18.9 Å². The smallest absolute Gasteiger partial charge is 0.410 e. The maximum Gasteiger partial charge on any atom is 0.410 e. The second-order valence-electron chi connectivity index (χ2n) is 6.17. The van der Waals surface area contributed by atoms with Gasteiger partial charge in [-0.3, -0.25) is 4.90 Å². The average molecular weight is 365 g/mol. The summed E-state index contributed by atoms with van der Waals surface area (Å²) < 4.78 is 15.8. The maximum atomic E-state index is 12.0. The molecule has 0 aliphatic rings.